The van der Waals surface area contributed by atoms with Gasteiger partial charge in [0.1, 0.15) is 6.04 Å². The summed E-state index contributed by atoms with van der Waals surface area (Å²) in [6.07, 6.45) is 0.530. The van der Waals surface area contributed by atoms with Crippen LogP contribution in [-0.4, -0.2) is 39.0 Å². The average Bonchev–Trinajstić information content (AvgIpc) is 2.75. The number of carbonyl (C=O) groups excluding carboxylic acids is 1. The van der Waals surface area contributed by atoms with Crippen molar-refractivity contribution in [1.82, 2.24) is 5.32 Å². The van der Waals surface area contributed by atoms with Crippen LogP contribution in [0.1, 0.15) is 18.0 Å². The van der Waals surface area contributed by atoms with E-state index >= 15 is 0 Å². The molecule has 0 aliphatic carbocycles. The van der Waals surface area contributed by atoms with Crippen molar-refractivity contribution in [2.45, 2.75) is 18.5 Å². The first-order valence-electron chi connectivity index (χ1n) is 6.11. The lowest BCUT2D eigenvalue weighted by Gasteiger charge is -2.20. The summed E-state index contributed by atoms with van der Waals surface area (Å²) in [5, 5.41) is 3.08. The Balaban J connectivity index is 2.14. The fourth-order valence-electron chi connectivity index (χ4n) is 2.23. The lowest BCUT2D eigenvalue weighted by molar-refractivity contribution is -0.143. The molecule has 1 fully saturated rings. The zero-order valence-corrected chi connectivity index (χ0v) is 11.5. The Morgan fingerprint density at radius 3 is 2.58 bits per heavy atom. The van der Waals surface area contributed by atoms with Crippen LogP contribution in [0.3, 0.4) is 0 Å². The van der Waals surface area contributed by atoms with Gasteiger partial charge in [0.05, 0.1) is 18.6 Å². The second-order valence-corrected chi connectivity index (χ2v) is 6.86. The highest BCUT2D eigenvalue weighted by Crippen LogP contribution is 2.19. The Kier molecular flexibility index (Phi) is 4.21. The number of sulfone groups is 1. The van der Waals surface area contributed by atoms with Gasteiger partial charge >= 0.3 is 5.97 Å². The number of carbonyl (C=O) groups is 1. The summed E-state index contributed by atoms with van der Waals surface area (Å²) in [6, 6.07) is 8.34. The van der Waals surface area contributed by atoms with E-state index in [1.807, 2.05) is 30.3 Å². The largest absolute Gasteiger partial charge is 0.468 e. The van der Waals surface area contributed by atoms with Crippen molar-refractivity contribution >= 4 is 15.8 Å². The molecule has 1 saturated heterocycles. The van der Waals surface area contributed by atoms with Crippen LogP contribution in [0, 0.1) is 0 Å². The van der Waals surface area contributed by atoms with Crippen molar-refractivity contribution in [1.29, 1.82) is 0 Å². The minimum atomic E-state index is -2.97. The summed E-state index contributed by atoms with van der Waals surface area (Å²) in [6.45, 7) is 0. The zero-order chi connectivity index (χ0) is 13.9. The molecule has 0 spiro atoms. The summed E-state index contributed by atoms with van der Waals surface area (Å²) in [4.78, 5) is 11.8. The summed E-state index contributed by atoms with van der Waals surface area (Å²) >= 11 is 0. The minimum Gasteiger partial charge on any atom is -0.468 e. The van der Waals surface area contributed by atoms with Crippen LogP contribution in [0.4, 0.5) is 0 Å². The third-order valence-electron chi connectivity index (χ3n) is 3.20. The van der Waals surface area contributed by atoms with Crippen molar-refractivity contribution in [2.24, 2.45) is 0 Å². The van der Waals surface area contributed by atoms with E-state index in [4.69, 9.17) is 4.74 Å². The van der Waals surface area contributed by atoms with Crippen molar-refractivity contribution < 1.29 is 17.9 Å². The topological polar surface area (TPSA) is 72.5 Å². The normalized spacial score (nSPS) is 22.9. The summed E-state index contributed by atoms with van der Waals surface area (Å²) in [7, 11) is -1.65. The lowest BCUT2D eigenvalue weighted by Crippen LogP contribution is -2.38. The molecule has 1 aromatic carbocycles. The Morgan fingerprint density at radius 2 is 2.05 bits per heavy atom. The Labute approximate surface area is 112 Å². The predicted octanol–water partition coefficient (Wildman–Crippen LogP) is 0.677. The van der Waals surface area contributed by atoms with Gasteiger partial charge in [-0.05, 0) is 12.0 Å². The number of rotatable bonds is 4. The van der Waals surface area contributed by atoms with E-state index in [1.54, 1.807) is 0 Å². The quantitative estimate of drug-likeness (QED) is 0.823. The van der Waals surface area contributed by atoms with E-state index in [2.05, 4.69) is 5.32 Å². The van der Waals surface area contributed by atoms with Gasteiger partial charge in [0, 0.05) is 6.04 Å². The average molecular weight is 283 g/mol. The third kappa shape index (κ3) is 3.54. The zero-order valence-electron chi connectivity index (χ0n) is 10.7. The monoisotopic (exact) mass is 283 g/mol. The van der Waals surface area contributed by atoms with Gasteiger partial charge in [-0.1, -0.05) is 30.3 Å². The molecule has 2 rings (SSSR count). The highest BCUT2D eigenvalue weighted by molar-refractivity contribution is 7.91. The molecule has 19 heavy (non-hydrogen) atoms. The number of nitrogens with one attached hydrogen (secondary N) is 1. The van der Waals surface area contributed by atoms with Crippen molar-refractivity contribution in [3.63, 3.8) is 0 Å². The van der Waals surface area contributed by atoms with Gasteiger partial charge in [0.15, 0.2) is 9.84 Å². The number of methoxy groups -OCH3 is 1. The molecule has 1 heterocycles. The molecule has 1 N–H and O–H groups in total. The molecule has 0 aromatic heterocycles. The minimum absolute atomic E-state index is 0.0767. The van der Waals surface area contributed by atoms with Gasteiger partial charge in [0.2, 0.25) is 0 Å². The maximum Gasteiger partial charge on any atom is 0.327 e. The van der Waals surface area contributed by atoms with Gasteiger partial charge in [-0.3, -0.25) is 5.32 Å². The molecule has 2 unspecified atom stereocenters. The molecule has 1 aromatic rings. The standard InChI is InChI=1S/C13H17NO4S/c1-18-13(15)12(10-5-3-2-4-6-10)14-11-7-8-19(16,17)9-11/h2-6,11-12,14H,7-9H2,1H3. The summed E-state index contributed by atoms with van der Waals surface area (Å²) in [5.41, 5.74) is 0.777. The van der Waals surface area contributed by atoms with Crippen LogP contribution in [0.2, 0.25) is 0 Å². The molecular weight excluding hydrogens is 266 g/mol. The van der Waals surface area contributed by atoms with Crippen LogP contribution in [-0.2, 0) is 19.4 Å². The van der Waals surface area contributed by atoms with E-state index < -0.39 is 21.8 Å². The van der Waals surface area contributed by atoms with Crippen molar-refractivity contribution in [3.05, 3.63) is 35.9 Å². The Hall–Kier alpha value is -1.40. The molecule has 0 amide bonds. The second kappa shape index (κ2) is 5.71. The summed E-state index contributed by atoms with van der Waals surface area (Å²) in [5.74, 6) is -0.156. The van der Waals surface area contributed by atoms with Crippen molar-refractivity contribution in [2.75, 3.05) is 18.6 Å². The van der Waals surface area contributed by atoms with Gasteiger partial charge < -0.3 is 4.74 Å². The molecular formula is C13H17NO4S. The molecule has 6 heteroatoms. The molecule has 0 radical (unpaired) electrons. The number of ether oxygens (including phenoxy) is 1. The third-order valence-corrected chi connectivity index (χ3v) is 4.97. The molecule has 2 atom stereocenters. The number of esters is 1. The first-order valence-corrected chi connectivity index (χ1v) is 7.93. The predicted molar refractivity (Wildman–Crippen MR) is 71.4 cm³/mol. The van der Waals surface area contributed by atoms with E-state index in [-0.39, 0.29) is 17.5 Å². The fraction of sp³-hybridized carbons (Fsp3) is 0.462. The van der Waals surface area contributed by atoms with E-state index in [1.165, 1.54) is 7.11 Å². The van der Waals surface area contributed by atoms with Gasteiger partial charge in [-0.2, -0.15) is 0 Å². The second-order valence-electron chi connectivity index (χ2n) is 4.63. The highest BCUT2D eigenvalue weighted by Gasteiger charge is 2.32. The van der Waals surface area contributed by atoms with Crippen LogP contribution in [0.15, 0.2) is 30.3 Å². The summed E-state index contributed by atoms with van der Waals surface area (Å²) < 4.78 is 27.7. The number of hydrogen-bond donors (Lipinski definition) is 1. The molecule has 104 valence electrons. The molecule has 0 saturated carbocycles. The first-order chi connectivity index (χ1) is 9.02. The van der Waals surface area contributed by atoms with Crippen LogP contribution in [0.25, 0.3) is 0 Å². The molecule has 1 aliphatic heterocycles. The van der Waals surface area contributed by atoms with E-state index in [0.29, 0.717) is 6.42 Å². The highest BCUT2D eigenvalue weighted by atomic mass is 32.2. The number of benzene rings is 1. The lowest BCUT2D eigenvalue weighted by atomic mass is 10.1. The van der Waals surface area contributed by atoms with Crippen LogP contribution >= 0.6 is 0 Å². The number of hydrogen-bond acceptors (Lipinski definition) is 5. The fourth-order valence-corrected chi connectivity index (χ4v) is 3.91. The van der Waals surface area contributed by atoms with Crippen molar-refractivity contribution in [3.8, 4) is 0 Å². The SMILES string of the molecule is COC(=O)C(NC1CCS(=O)(=O)C1)c1ccccc1. The maximum atomic E-state index is 11.8. The van der Waals surface area contributed by atoms with E-state index in [0.717, 1.165) is 5.56 Å². The van der Waals surface area contributed by atoms with Crippen LogP contribution < -0.4 is 5.32 Å². The Bertz CT molecular complexity index is 541. The Morgan fingerprint density at radius 1 is 1.37 bits per heavy atom. The van der Waals surface area contributed by atoms with Gasteiger partial charge in [0.25, 0.3) is 0 Å². The molecule has 0 bridgehead atoms. The van der Waals surface area contributed by atoms with Gasteiger partial charge in [-0.25, -0.2) is 13.2 Å². The van der Waals surface area contributed by atoms with Gasteiger partial charge in [-0.15, -0.1) is 0 Å². The molecule has 1 aliphatic rings. The first kappa shape index (κ1) is 14.0. The smallest absolute Gasteiger partial charge is 0.327 e. The van der Waals surface area contributed by atoms with Crippen LogP contribution in [0.5, 0.6) is 0 Å². The maximum absolute atomic E-state index is 11.8. The van der Waals surface area contributed by atoms with E-state index in [9.17, 15) is 13.2 Å². The molecule has 5 nitrogen and oxygen atoms in total.